The van der Waals surface area contributed by atoms with Crippen molar-refractivity contribution in [2.24, 2.45) is 5.73 Å². The van der Waals surface area contributed by atoms with Crippen molar-refractivity contribution in [3.05, 3.63) is 29.3 Å². The summed E-state index contributed by atoms with van der Waals surface area (Å²) in [5, 5.41) is 15.8. The average molecular weight is 387 g/mol. The number of hydrogen-bond acceptors (Lipinski definition) is 7. The van der Waals surface area contributed by atoms with Crippen LogP contribution in [0.5, 0.6) is 0 Å². The highest BCUT2D eigenvalue weighted by molar-refractivity contribution is 6.30. The molecule has 0 spiro atoms. The molecule has 3 aromatic rings. The van der Waals surface area contributed by atoms with Crippen LogP contribution in [0.1, 0.15) is 32.6 Å². The minimum absolute atomic E-state index is 0.108. The SMILES string of the molecule is CCn1nnc2c(Nc3cccc(Cl)c3)nc(NC3CCCCC3N)nc21. The van der Waals surface area contributed by atoms with Crippen molar-refractivity contribution in [3.63, 3.8) is 0 Å². The topological polar surface area (TPSA) is 107 Å². The highest BCUT2D eigenvalue weighted by atomic mass is 35.5. The number of anilines is 3. The zero-order valence-electron chi connectivity index (χ0n) is 15.2. The lowest BCUT2D eigenvalue weighted by molar-refractivity contribution is 0.402. The number of nitrogens with two attached hydrogens (primary N) is 1. The fourth-order valence-corrected chi connectivity index (χ4v) is 3.62. The van der Waals surface area contributed by atoms with E-state index in [2.05, 4.69) is 30.9 Å². The second-order valence-electron chi connectivity index (χ2n) is 6.81. The monoisotopic (exact) mass is 386 g/mol. The fourth-order valence-electron chi connectivity index (χ4n) is 3.43. The molecule has 1 aliphatic rings. The Labute approximate surface area is 162 Å². The Morgan fingerprint density at radius 1 is 1.26 bits per heavy atom. The van der Waals surface area contributed by atoms with Crippen molar-refractivity contribution < 1.29 is 0 Å². The van der Waals surface area contributed by atoms with Crippen molar-refractivity contribution in [2.45, 2.75) is 51.2 Å². The van der Waals surface area contributed by atoms with Crippen LogP contribution >= 0.6 is 11.6 Å². The molecule has 0 bridgehead atoms. The van der Waals surface area contributed by atoms with Gasteiger partial charge in [-0.05, 0) is 38.0 Å². The summed E-state index contributed by atoms with van der Waals surface area (Å²) in [6, 6.07) is 7.75. The van der Waals surface area contributed by atoms with Crippen LogP contribution in [0.15, 0.2) is 24.3 Å². The maximum absolute atomic E-state index is 6.28. The van der Waals surface area contributed by atoms with Gasteiger partial charge in [0.25, 0.3) is 0 Å². The molecule has 0 aliphatic heterocycles. The van der Waals surface area contributed by atoms with E-state index >= 15 is 0 Å². The third-order valence-electron chi connectivity index (χ3n) is 4.88. The lowest BCUT2D eigenvalue weighted by Gasteiger charge is -2.29. The summed E-state index contributed by atoms with van der Waals surface area (Å²) >= 11 is 6.10. The lowest BCUT2D eigenvalue weighted by atomic mass is 9.91. The molecular weight excluding hydrogens is 364 g/mol. The lowest BCUT2D eigenvalue weighted by Crippen LogP contribution is -2.43. The number of halogens is 1. The van der Waals surface area contributed by atoms with Crippen LogP contribution in [0.4, 0.5) is 17.5 Å². The Morgan fingerprint density at radius 2 is 2.11 bits per heavy atom. The van der Waals surface area contributed by atoms with Crippen molar-refractivity contribution in [2.75, 3.05) is 10.6 Å². The molecule has 27 heavy (non-hydrogen) atoms. The molecule has 8 nitrogen and oxygen atoms in total. The molecule has 0 amide bonds. The number of hydrogen-bond donors (Lipinski definition) is 3. The molecule has 2 atom stereocenters. The first-order chi connectivity index (χ1) is 13.1. The normalized spacial score (nSPS) is 20.0. The molecule has 142 valence electrons. The fraction of sp³-hybridized carbons (Fsp3) is 0.444. The number of benzene rings is 1. The van der Waals surface area contributed by atoms with Crippen molar-refractivity contribution in [1.29, 1.82) is 0 Å². The number of aromatic nitrogens is 5. The Morgan fingerprint density at radius 3 is 2.89 bits per heavy atom. The zero-order valence-corrected chi connectivity index (χ0v) is 15.9. The van der Waals surface area contributed by atoms with Crippen molar-refractivity contribution in [3.8, 4) is 0 Å². The number of fused-ring (bicyclic) bond motifs is 1. The van der Waals surface area contributed by atoms with Gasteiger partial charge in [0, 0.05) is 29.3 Å². The van der Waals surface area contributed by atoms with E-state index in [0.29, 0.717) is 34.5 Å². The third-order valence-corrected chi connectivity index (χ3v) is 5.12. The molecule has 1 fully saturated rings. The van der Waals surface area contributed by atoms with Crippen LogP contribution in [0.25, 0.3) is 11.2 Å². The van der Waals surface area contributed by atoms with Gasteiger partial charge in [-0.15, -0.1) is 5.10 Å². The Hall–Kier alpha value is -2.45. The summed E-state index contributed by atoms with van der Waals surface area (Å²) in [5.41, 5.74) is 8.41. The van der Waals surface area contributed by atoms with Gasteiger partial charge in [0.1, 0.15) is 0 Å². The Bertz CT molecular complexity index is 940. The quantitative estimate of drug-likeness (QED) is 0.617. The van der Waals surface area contributed by atoms with Gasteiger partial charge in [0.2, 0.25) is 5.95 Å². The molecule has 4 N–H and O–H groups in total. The highest BCUT2D eigenvalue weighted by Crippen LogP contribution is 2.26. The van der Waals surface area contributed by atoms with Crippen LogP contribution in [0.3, 0.4) is 0 Å². The second kappa shape index (κ2) is 7.66. The average Bonchev–Trinajstić information content (AvgIpc) is 3.07. The van der Waals surface area contributed by atoms with Gasteiger partial charge in [-0.25, -0.2) is 4.68 Å². The summed E-state index contributed by atoms with van der Waals surface area (Å²) in [7, 11) is 0. The zero-order chi connectivity index (χ0) is 18.8. The maximum Gasteiger partial charge on any atom is 0.227 e. The van der Waals surface area contributed by atoms with Crippen LogP contribution in [-0.2, 0) is 6.54 Å². The first-order valence-corrected chi connectivity index (χ1v) is 9.68. The Balaban J connectivity index is 1.71. The molecule has 0 saturated heterocycles. The van der Waals surface area contributed by atoms with Gasteiger partial charge < -0.3 is 16.4 Å². The summed E-state index contributed by atoms with van der Waals surface area (Å²) in [5.74, 6) is 1.13. The largest absolute Gasteiger partial charge is 0.350 e. The summed E-state index contributed by atoms with van der Waals surface area (Å²) in [6.07, 6.45) is 4.37. The Kier molecular flexibility index (Phi) is 5.09. The number of rotatable bonds is 5. The molecule has 2 unspecified atom stereocenters. The molecule has 1 aromatic carbocycles. The summed E-state index contributed by atoms with van der Waals surface area (Å²) < 4.78 is 1.76. The van der Waals surface area contributed by atoms with Gasteiger partial charge in [0.15, 0.2) is 17.0 Å². The van der Waals surface area contributed by atoms with Gasteiger partial charge >= 0.3 is 0 Å². The van der Waals surface area contributed by atoms with Crippen LogP contribution in [0.2, 0.25) is 5.02 Å². The van der Waals surface area contributed by atoms with E-state index in [1.165, 1.54) is 6.42 Å². The summed E-state index contributed by atoms with van der Waals surface area (Å²) in [6.45, 7) is 2.68. The first kappa shape index (κ1) is 17.9. The number of nitrogens with one attached hydrogen (secondary N) is 2. The number of aryl methyl sites for hydroxylation is 1. The molecular formula is C18H23ClN8. The highest BCUT2D eigenvalue weighted by Gasteiger charge is 2.23. The molecule has 4 rings (SSSR count). The molecule has 0 radical (unpaired) electrons. The molecule has 1 aliphatic carbocycles. The van der Waals surface area contributed by atoms with E-state index in [1.807, 2.05) is 31.2 Å². The van der Waals surface area contributed by atoms with Gasteiger partial charge in [-0.3, -0.25) is 0 Å². The van der Waals surface area contributed by atoms with E-state index in [-0.39, 0.29) is 12.1 Å². The van der Waals surface area contributed by atoms with Crippen LogP contribution < -0.4 is 16.4 Å². The van der Waals surface area contributed by atoms with Gasteiger partial charge in [-0.2, -0.15) is 9.97 Å². The molecule has 1 saturated carbocycles. The minimum Gasteiger partial charge on any atom is -0.350 e. The minimum atomic E-state index is 0.108. The third kappa shape index (κ3) is 3.81. The van der Waals surface area contributed by atoms with Crippen molar-refractivity contribution >= 4 is 40.2 Å². The number of nitrogens with zero attached hydrogens (tertiary/aromatic N) is 5. The molecule has 2 heterocycles. The van der Waals surface area contributed by atoms with Crippen LogP contribution in [0, 0.1) is 0 Å². The van der Waals surface area contributed by atoms with E-state index in [4.69, 9.17) is 17.3 Å². The second-order valence-corrected chi connectivity index (χ2v) is 7.24. The standard InChI is InChI=1S/C18H23ClN8/c1-2-27-17-15(25-26-27)16(21-12-7-5-6-11(19)10-12)23-18(24-17)22-14-9-4-3-8-13(14)20/h5-7,10,13-14H,2-4,8-9,20H2,1H3,(H2,21,22,23,24). The van der Waals surface area contributed by atoms with E-state index in [1.54, 1.807) is 4.68 Å². The van der Waals surface area contributed by atoms with Gasteiger partial charge in [-0.1, -0.05) is 35.7 Å². The molecule has 2 aromatic heterocycles. The smallest absolute Gasteiger partial charge is 0.227 e. The van der Waals surface area contributed by atoms with Gasteiger partial charge in [0.05, 0.1) is 0 Å². The van der Waals surface area contributed by atoms with E-state index < -0.39 is 0 Å². The van der Waals surface area contributed by atoms with E-state index in [0.717, 1.165) is 24.9 Å². The molecule has 9 heteroatoms. The predicted molar refractivity (Wildman–Crippen MR) is 107 cm³/mol. The maximum atomic E-state index is 6.28. The van der Waals surface area contributed by atoms with Crippen molar-refractivity contribution in [1.82, 2.24) is 25.0 Å². The van der Waals surface area contributed by atoms with Crippen LogP contribution in [-0.4, -0.2) is 37.0 Å². The van der Waals surface area contributed by atoms with E-state index in [9.17, 15) is 0 Å². The summed E-state index contributed by atoms with van der Waals surface area (Å²) in [4.78, 5) is 9.30. The first-order valence-electron chi connectivity index (χ1n) is 9.30. The predicted octanol–water partition coefficient (Wildman–Crippen LogP) is 3.32.